The molecule has 0 saturated heterocycles. The number of hydrogen-bond donors (Lipinski definition) is 2. The minimum Gasteiger partial charge on any atom is -0.385 e. The van der Waals surface area contributed by atoms with Crippen LogP contribution in [0.3, 0.4) is 0 Å². The maximum Gasteiger partial charge on any atom is 0.254 e. The Bertz CT molecular complexity index is 627. The summed E-state index contributed by atoms with van der Waals surface area (Å²) in [5.41, 5.74) is 1.41. The molecule has 1 amide bonds. The van der Waals surface area contributed by atoms with Gasteiger partial charge in [-0.2, -0.15) is 0 Å². The molecule has 0 fully saturated rings. The number of aryl methyl sites for hydroxylation is 1. The summed E-state index contributed by atoms with van der Waals surface area (Å²) in [6.45, 7) is 3.76. The Morgan fingerprint density at radius 1 is 1.45 bits per heavy atom. The molecule has 0 saturated carbocycles. The van der Waals surface area contributed by atoms with Crippen molar-refractivity contribution in [2.75, 3.05) is 12.4 Å². The predicted octanol–water partition coefficient (Wildman–Crippen LogP) is 3.12. The van der Waals surface area contributed by atoms with E-state index in [2.05, 4.69) is 15.6 Å². The van der Waals surface area contributed by atoms with Crippen LogP contribution in [0.1, 0.15) is 34.0 Å². The molecule has 1 atom stereocenters. The number of amides is 1. The molecule has 1 aromatic carbocycles. The summed E-state index contributed by atoms with van der Waals surface area (Å²) >= 11 is 1.49. The molecule has 0 aliphatic heterocycles. The second-order valence-electron chi connectivity index (χ2n) is 4.43. The second-order valence-corrected chi connectivity index (χ2v) is 5.32. The fraction of sp³-hybridized carbons (Fsp3) is 0.286. The molecule has 0 bridgehead atoms. The van der Waals surface area contributed by atoms with Crippen LogP contribution in [-0.2, 0) is 0 Å². The van der Waals surface area contributed by atoms with E-state index in [0.29, 0.717) is 0 Å². The van der Waals surface area contributed by atoms with Crippen molar-refractivity contribution in [2.24, 2.45) is 0 Å². The standard InChI is InChI=1S/C14H16FN3OS/c1-8-7-20-14(17-8)9(2)18-13(19)10-5-4-6-11(15)12(10)16-3/h4-7,9,16H,1-3H3,(H,18,19). The molecule has 0 radical (unpaired) electrons. The lowest BCUT2D eigenvalue weighted by Crippen LogP contribution is -2.27. The molecule has 1 unspecified atom stereocenters. The first-order valence-electron chi connectivity index (χ1n) is 6.22. The highest BCUT2D eigenvalue weighted by molar-refractivity contribution is 7.09. The van der Waals surface area contributed by atoms with Crippen LogP contribution in [0.2, 0.25) is 0 Å². The minimum absolute atomic E-state index is 0.201. The van der Waals surface area contributed by atoms with Crippen molar-refractivity contribution in [1.82, 2.24) is 10.3 Å². The van der Waals surface area contributed by atoms with Gasteiger partial charge in [0, 0.05) is 18.1 Å². The number of halogens is 1. The number of carbonyl (C=O) groups is 1. The van der Waals surface area contributed by atoms with Gasteiger partial charge in [0.2, 0.25) is 0 Å². The molecule has 0 spiro atoms. The van der Waals surface area contributed by atoms with Crippen molar-refractivity contribution in [2.45, 2.75) is 19.9 Å². The summed E-state index contributed by atoms with van der Waals surface area (Å²) in [7, 11) is 1.59. The number of benzene rings is 1. The van der Waals surface area contributed by atoms with Gasteiger partial charge in [0.25, 0.3) is 5.91 Å². The molecule has 0 aliphatic rings. The third kappa shape index (κ3) is 2.96. The van der Waals surface area contributed by atoms with Gasteiger partial charge in [0.15, 0.2) is 0 Å². The van der Waals surface area contributed by atoms with E-state index < -0.39 is 5.82 Å². The molecule has 106 valence electrons. The molecular formula is C14H16FN3OS. The Morgan fingerprint density at radius 2 is 2.20 bits per heavy atom. The smallest absolute Gasteiger partial charge is 0.254 e. The van der Waals surface area contributed by atoms with E-state index in [1.54, 1.807) is 13.1 Å². The van der Waals surface area contributed by atoms with E-state index >= 15 is 0 Å². The molecular weight excluding hydrogens is 277 g/mol. The van der Waals surface area contributed by atoms with Crippen LogP contribution in [0, 0.1) is 12.7 Å². The van der Waals surface area contributed by atoms with E-state index in [0.717, 1.165) is 10.7 Å². The van der Waals surface area contributed by atoms with Crippen LogP contribution >= 0.6 is 11.3 Å². The first-order valence-corrected chi connectivity index (χ1v) is 7.10. The lowest BCUT2D eigenvalue weighted by molar-refractivity contribution is 0.0940. The fourth-order valence-electron chi connectivity index (χ4n) is 1.87. The molecule has 0 aliphatic carbocycles. The van der Waals surface area contributed by atoms with Gasteiger partial charge >= 0.3 is 0 Å². The molecule has 4 nitrogen and oxygen atoms in total. The van der Waals surface area contributed by atoms with Gasteiger partial charge in [-0.15, -0.1) is 11.3 Å². The van der Waals surface area contributed by atoms with Crippen molar-refractivity contribution in [3.8, 4) is 0 Å². The molecule has 6 heteroatoms. The molecule has 2 aromatic rings. The lowest BCUT2D eigenvalue weighted by Gasteiger charge is -2.14. The number of hydrogen-bond acceptors (Lipinski definition) is 4. The van der Waals surface area contributed by atoms with Crippen molar-refractivity contribution < 1.29 is 9.18 Å². The Labute approximate surface area is 121 Å². The molecule has 20 heavy (non-hydrogen) atoms. The monoisotopic (exact) mass is 293 g/mol. The van der Waals surface area contributed by atoms with Crippen molar-refractivity contribution in [3.63, 3.8) is 0 Å². The first-order chi connectivity index (χ1) is 9.52. The van der Waals surface area contributed by atoms with Gasteiger partial charge in [0.05, 0.1) is 17.3 Å². The Hall–Kier alpha value is -1.95. The predicted molar refractivity (Wildman–Crippen MR) is 78.7 cm³/mol. The largest absolute Gasteiger partial charge is 0.385 e. The average molecular weight is 293 g/mol. The number of anilines is 1. The third-order valence-electron chi connectivity index (χ3n) is 2.86. The number of nitrogens with one attached hydrogen (secondary N) is 2. The van der Waals surface area contributed by atoms with Crippen LogP contribution in [0.25, 0.3) is 0 Å². The van der Waals surface area contributed by atoms with Gasteiger partial charge in [-0.25, -0.2) is 9.37 Å². The minimum atomic E-state index is -0.446. The molecule has 2 rings (SSSR count). The highest BCUT2D eigenvalue weighted by Crippen LogP contribution is 2.22. The number of rotatable bonds is 4. The van der Waals surface area contributed by atoms with Crippen LogP contribution in [0.5, 0.6) is 0 Å². The Balaban J connectivity index is 2.18. The van der Waals surface area contributed by atoms with Gasteiger partial charge in [-0.1, -0.05) is 6.07 Å². The maximum absolute atomic E-state index is 13.6. The van der Waals surface area contributed by atoms with E-state index in [9.17, 15) is 9.18 Å². The quantitative estimate of drug-likeness (QED) is 0.910. The average Bonchev–Trinajstić information content (AvgIpc) is 2.85. The first kappa shape index (κ1) is 14.5. The number of carbonyl (C=O) groups excluding carboxylic acids is 1. The highest BCUT2D eigenvalue weighted by atomic mass is 32.1. The van der Waals surface area contributed by atoms with Crippen molar-refractivity contribution >= 4 is 22.9 Å². The summed E-state index contributed by atoms with van der Waals surface area (Å²) in [6, 6.07) is 4.21. The van der Waals surface area contributed by atoms with Gasteiger partial charge in [-0.05, 0) is 26.0 Å². The number of para-hydroxylation sites is 1. The Morgan fingerprint density at radius 3 is 2.80 bits per heavy atom. The van der Waals surface area contributed by atoms with Crippen LogP contribution in [-0.4, -0.2) is 17.9 Å². The zero-order valence-corrected chi connectivity index (χ0v) is 12.3. The van der Waals surface area contributed by atoms with E-state index in [1.165, 1.54) is 23.5 Å². The van der Waals surface area contributed by atoms with Gasteiger partial charge < -0.3 is 10.6 Å². The summed E-state index contributed by atoms with van der Waals surface area (Å²) < 4.78 is 13.6. The lowest BCUT2D eigenvalue weighted by atomic mass is 10.1. The molecule has 1 heterocycles. The van der Waals surface area contributed by atoms with Crippen LogP contribution in [0.15, 0.2) is 23.6 Å². The van der Waals surface area contributed by atoms with E-state index in [4.69, 9.17) is 0 Å². The zero-order chi connectivity index (χ0) is 14.7. The summed E-state index contributed by atoms with van der Waals surface area (Å²) in [6.07, 6.45) is 0. The highest BCUT2D eigenvalue weighted by Gasteiger charge is 2.18. The van der Waals surface area contributed by atoms with Crippen molar-refractivity contribution in [1.29, 1.82) is 0 Å². The SMILES string of the molecule is CNc1c(F)cccc1C(=O)NC(C)c1nc(C)cs1. The maximum atomic E-state index is 13.6. The third-order valence-corrected chi connectivity index (χ3v) is 4.01. The number of aromatic nitrogens is 1. The summed E-state index contributed by atoms with van der Waals surface area (Å²) in [5.74, 6) is -0.771. The topological polar surface area (TPSA) is 54.0 Å². The zero-order valence-electron chi connectivity index (χ0n) is 11.5. The fourth-order valence-corrected chi connectivity index (χ4v) is 2.68. The second kappa shape index (κ2) is 6.00. The number of nitrogens with zero attached hydrogens (tertiary/aromatic N) is 1. The number of thiazole rings is 1. The van der Waals surface area contributed by atoms with E-state index in [-0.39, 0.29) is 23.2 Å². The normalized spacial score (nSPS) is 12.0. The van der Waals surface area contributed by atoms with Crippen molar-refractivity contribution in [3.05, 3.63) is 45.7 Å². The van der Waals surface area contributed by atoms with Gasteiger partial charge in [-0.3, -0.25) is 4.79 Å². The molecule has 1 aromatic heterocycles. The van der Waals surface area contributed by atoms with Crippen LogP contribution in [0.4, 0.5) is 10.1 Å². The molecule has 2 N–H and O–H groups in total. The Kier molecular flexibility index (Phi) is 4.34. The summed E-state index contributed by atoms with van der Waals surface area (Å²) in [5, 5.41) is 8.30. The summed E-state index contributed by atoms with van der Waals surface area (Å²) in [4.78, 5) is 16.6. The van der Waals surface area contributed by atoms with Gasteiger partial charge in [0.1, 0.15) is 10.8 Å². The van der Waals surface area contributed by atoms with E-state index in [1.807, 2.05) is 19.2 Å². The van der Waals surface area contributed by atoms with Crippen LogP contribution < -0.4 is 10.6 Å².